The highest BCUT2D eigenvalue weighted by molar-refractivity contribution is 7.92. The molecule has 0 N–H and O–H groups in total. The first-order chi connectivity index (χ1) is 10.4. The topological polar surface area (TPSA) is 75.0 Å². The Kier molecular flexibility index (Phi) is 3.82. The normalized spacial score (nSPS) is 29.5. The van der Waals surface area contributed by atoms with E-state index in [1.54, 1.807) is 18.2 Å². The van der Waals surface area contributed by atoms with Gasteiger partial charge in [0.2, 0.25) is 0 Å². The molecule has 1 aromatic carbocycles. The molecule has 2 aliphatic rings. The highest BCUT2D eigenvalue weighted by atomic mass is 32.2. The smallest absolute Gasteiger partial charge is 0.166 e. The molecule has 3 rings (SSSR count). The van der Waals surface area contributed by atoms with E-state index in [0.717, 1.165) is 12.0 Å². The molecule has 2 unspecified atom stereocenters. The molecule has 1 aromatic rings. The number of nitriles is 1. The van der Waals surface area contributed by atoms with E-state index in [4.69, 9.17) is 5.26 Å². The second-order valence-electron chi connectivity index (χ2n) is 6.44. The maximum absolute atomic E-state index is 12.8. The molecule has 2 bridgehead atoms. The van der Waals surface area contributed by atoms with Gasteiger partial charge in [0.15, 0.2) is 15.6 Å². The molecule has 2 saturated heterocycles. The van der Waals surface area contributed by atoms with E-state index in [1.807, 2.05) is 6.92 Å². The number of benzene rings is 1. The molecule has 2 aliphatic heterocycles. The summed E-state index contributed by atoms with van der Waals surface area (Å²) < 4.78 is 24.6. The van der Waals surface area contributed by atoms with Crippen LogP contribution < -0.4 is 0 Å². The number of carbonyl (C=O) groups excluding carboxylic acids is 1. The standard InChI is InChI=1S/C17H19NO3S/c1-11-7-12(10-18)5-6-16(11)17(19)13-8-14-3-2-4-15(9-13)22(14,20)21/h5-7,13-15H,2-4,8-9H2,1H3. The van der Waals surface area contributed by atoms with Crippen LogP contribution in [0.3, 0.4) is 0 Å². The molecule has 0 radical (unpaired) electrons. The van der Waals surface area contributed by atoms with Gasteiger partial charge in [-0.3, -0.25) is 4.79 Å². The van der Waals surface area contributed by atoms with Crippen LogP contribution in [-0.2, 0) is 9.84 Å². The first-order valence-electron chi connectivity index (χ1n) is 7.71. The summed E-state index contributed by atoms with van der Waals surface area (Å²) in [6.07, 6.45) is 3.24. The lowest BCUT2D eigenvalue weighted by molar-refractivity contribution is 0.0893. The lowest BCUT2D eigenvalue weighted by Crippen LogP contribution is -2.45. The lowest BCUT2D eigenvalue weighted by Gasteiger charge is -2.38. The molecule has 5 heteroatoms. The van der Waals surface area contributed by atoms with Crippen molar-refractivity contribution >= 4 is 15.6 Å². The van der Waals surface area contributed by atoms with Crippen molar-refractivity contribution in [3.8, 4) is 6.07 Å². The van der Waals surface area contributed by atoms with Gasteiger partial charge in [-0.15, -0.1) is 0 Å². The summed E-state index contributed by atoms with van der Waals surface area (Å²) in [5.74, 6) is -0.167. The summed E-state index contributed by atoms with van der Waals surface area (Å²) in [5, 5.41) is 8.22. The van der Waals surface area contributed by atoms with Gasteiger partial charge in [-0.05, 0) is 56.4 Å². The SMILES string of the molecule is Cc1cc(C#N)ccc1C(=O)C1CC2CCCC(C1)S2(=O)=O. The molecule has 4 nitrogen and oxygen atoms in total. The Balaban J connectivity index is 1.87. The zero-order valence-corrected chi connectivity index (χ0v) is 13.4. The minimum atomic E-state index is -3.03. The van der Waals surface area contributed by atoms with Crippen molar-refractivity contribution in [1.82, 2.24) is 0 Å². The third kappa shape index (κ3) is 2.46. The second-order valence-corrected chi connectivity index (χ2v) is 8.95. The third-order valence-corrected chi connectivity index (χ3v) is 7.78. The van der Waals surface area contributed by atoms with Crippen LogP contribution in [-0.4, -0.2) is 24.7 Å². The molecule has 22 heavy (non-hydrogen) atoms. The van der Waals surface area contributed by atoms with E-state index in [9.17, 15) is 13.2 Å². The van der Waals surface area contributed by atoms with Gasteiger partial charge in [-0.25, -0.2) is 8.42 Å². The number of nitrogens with zero attached hydrogens (tertiary/aromatic N) is 1. The number of ketones is 1. The Morgan fingerprint density at radius 3 is 2.41 bits per heavy atom. The van der Waals surface area contributed by atoms with Gasteiger partial charge in [0.05, 0.1) is 22.1 Å². The Hall–Kier alpha value is -1.67. The molecule has 2 fully saturated rings. The van der Waals surface area contributed by atoms with E-state index < -0.39 is 9.84 Å². The van der Waals surface area contributed by atoms with Crippen LogP contribution >= 0.6 is 0 Å². The fraction of sp³-hybridized carbons (Fsp3) is 0.529. The summed E-state index contributed by atoms with van der Waals surface area (Å²) in [4.78, 5) is 12.8. The highest BCUT2D eigenvalue weighted by Crippen LogP contribution is 2.40. The molecule has 0 spiro atoms. The van der Waals surface area contributed by atoms with Crippen LogP contribution in [0.2, 0.25) is 0 Å². The monoisotopic (exact) mass is 317 g/mol. The maximum Gasteiger partial charge on any atom is 0.166 e. The Bertz CT molecular complexity index is 741. The van der Waals surface area contributed by atoms with Crippen LogP contribution in [0.15, 0.2) is 18.2 Å². The van der Waals surface area contributed by atoms with Gasteiger partial charge in [-0.1, -0.05) is 6.42 Å². The van der Waals surface area contributed by atoms with Crippen molar-refractivity contribution in [1.29, 1.82) is 5.26 Å². The predicted octanol–water partition coefficient (Wildman–Crippen LogP) is 2.80. The summed E-state index contributed by atoms with van der Waals surface area (Å²) in [6.45, 7) is 1.83. The lowest BCUT2D eigenvalue weighted by atomic mass is 9.83. The number of hydrogen-bond acceptors (Lipinski definition) is 4. The summed E-state index contributed by atoms with van der Waals surface area (Å²) in [7, 11) is -3.03. The average molecular weight is 317 g/mol. The van der Waals surface area contributed by atoms with Gasteiger partial charge >= 0.3 is 0 Å². The Morgan fingerprint density at radius 1 is 1.23 bits per heavy atom. The van der Waals surface area contributed by atoms with Crippen molar-refractivity contribution in [3.05, 3.63) is 34.9 Å². The summed E-state index contributed by atoms with van der Waals surface area (Å²) in [5.41, 5.74) is 1.96. The molecular formula is C17H19NO3S. The van der Waals surface area contributed by atoms with Gasteiger partial charge in [-0.2, -0.15) is 5.26 Å². The average Bonchev–Trinajstić information content (AvgIpc) is 2.45. The molecule has 0 aromatic heterocycles. The van der Waals surface area contributed by atoms with E-state index in [2.05, 4.69) is 6.07 Å². The first kappa shape index (κ1) is 15.2. The van der Waals surface area contributed by atoms with Gasteiger partial charge in [0.1, 0.15) is 0 Å². The zero-order chi connectivity index (χ0) is 15.9. The predicted molar refractivity (Wildman–Crippen MR) is 83.3 cm³/mol. The molecular weight excluding hydrogens is 298 g/mol. The highest BCUT2D eigenvalue weighted by Gasteiger charge is 2.46. The fourth-order valence-corrected chi connectivity index (χ4v) is 6.39. The van der Waals surface area contributed by atoms with E-state index >= 15 is 0 Å². The molecule has 0 saturated carbocycles. The van der Waals surface area contributed by atoms with Crippen LogP contribution in [0, 0.1) is 24.2 Å². The quantitative estimate of drug-likeness (QED) is 0.786. The first-order valence-corrected chi connectivity index (χ1v) is 9.32. The van der Waals surface area contributed by atoms with Crippen molar-refractivity contribution in [3.63, 3.8) is 0 Å². The zero-order valence-electron chi connectivity index (χ0n) is 12.6. The second kappa shape index (κ2) is 5.51. The number of aryl methyl sites for hydroxylation is 1. The molecule has 2 atom stereocenters. The molecule has 2 heterocycles. The number of Topliss-reactive ketones (excluding diaryl/α,β-unsaturated/α-hetero) is 1. The largest absolute Gasteiger partial charge is 0.294 e. The van der Waals surface area contributed by atoms with Crippen LogP contribution in [0.1, 0.15) is 53.6 Å². The van der Waals surface area contributed by atoms with Crippen molar-refractivity contribution in [2.24, 2.45) is 5.92 Å². The third-order valence-electron chi connectivity index (χ3n) is 5.07. The van der Waals surface area contributed by atoms with Crippen molar-refractivity contribution in [2.75, 3.05) is 0 Å². The van der Waals surface area contributed by atoms with Crippen molar-refractivity contribution in [2.45, 2.75) is 49.5 Å². The van der Waals surface area contributed by atoms with Gasteiger partial charge in [0.25, 0.3) is 0 Å². The Morgan fingerprint density at radius 2 is 1.86 bits per heavy atom. The Labute approximate surface area is 131 Å². The van der Waals surface area contributed by atoms with Gasteiger partial charge in [0, 0.05) is 11.5 Å². The number of hydrogen-bond donors (Lipinski definition) is 0. The number of rotatable bonds is 2. The summed E-state index contributed by atoms with van der Waals surface area (Å²) >= 11 is 0. The van der Waals surface area contributed by atoms with Crippen LogP contribution in [0.4, 0.5) is 0 Å². The minimum absolute atomic E-state index is 0.0359. The van der Waals surface area contributed by atoms with Crippen LogP contribution in [0.25, 0.3) is 0 Å². The van der Waals surface area contributed by atoms with E-state index in [0.29, 0.717) is 36.8 Å². The maximum atomic E-state index is 12.8. The van der Waals surface area contributed by atoms with Crippen molar-refractivity contribution < 1.29 is 13.2 Å². The number of sulfone groups is 1. The molecule has 0 amide bonds. The van der Waals surface area contributed by atoms with E-state index in [1.165, 1.54) is 0 Å². The number of carbonyl (C=O) groups is 1. The number of fused-ring (bicyclic) bond motifs is 2. The van der Waals surface area contributed by atoms with Gasteiger partial charge < -0.3 is 0 Å². The molecule has 116 valence electrons. The van der Waals surface area contributed by atoms with Crippen LogP contribution in [0.5, 0.6) is 0 Å². The minimum Gasteiger partial charge on any atom is -0.294 e. The summed E-state index contributed by atoms with van der Waals surface area (Å²) in [6, 6.07) is 7.14. The fourth-order valence-electron chi connectivity index (χ4n) is 3.85. The molecule has 0 aliphatic carbocycles. The van der Waals surface area contributed by atoms with E-state index in [-0.39, 0.29) is 22.2 Å².